The van der Waals surface area contributed by atoms with Crippen LogP contribution < -0.4 is 11.6 Å². The van der Waals surface area contributed by atoms with Crippen molar-refractivity contribution in [2.24, 2.45) is 0 Å². The molecular weight excluding hydrogens is 180 g/mol. The van der Waals surface area contributed by atoms with Crippen molar-refractivity contribution in [3.05, 3.63) is 12.2 Å². The summed E-state index contributed by atoms with van der Waals surface area (Å²) in [5, 5.41) is 0. The number of anilines is 1. The first-order valence-corrected chi connectivity index (χ1v) is 4.47. The fourth-order valence-corrected chi connectivity index (χ4v) is 1.32. The Morgan fingerprint density at radius 3 is 2.93 bits per heavy atom. The van der Waals surface area contributed by atoms with Crippen LogP contribution in [-0.2, 0) is 6.42 Å². The Morgan fingerprint density at radius 2 is 2.21 bits per heavy atom. The van der Waals surface area contributed by atoms with Crippen LogP contribution in [0.5, 0.6) is 0 Å². The van der Waals surface area contributed by atoms with E-state index in [0.29, 0.717) is 22.8 Å². The molecule has 2 aromatic rings. The van der Waals surface area contributed by atoms with Gasteiger partial charge in [-0.2, -0.15) is 0 Å². The Kier molecular flexibility index (Phi) is 1.95. The molecule has 0 aliphatic carbocycles. The highest BCUT2D eigenvalue weighted by Crippen LogP contribution is 2.14. The van der Waals surface area contributed by atoms with Crippen molar-refractivity contribution in [2.45, 2.75) is 19.8 Å². The first kappa shape index (κ1) is 8.74. The third-order valence-electron chi connectivity index (χ3n) is 1.97. The minimum Gasteiger partial charge on any atom is -0.382 e. The highest BCUT2D eigenvalue weighted by atomic mass is 15.3. The van der Waals surface area contributed by atoms with E-state index in [0.717, 1.165) is 12.8 Å². The summed E-state index contributed by atoms with van der Waals surface area (Å²) < 4.78 is 1.35. The molecule has 0 fully saturated rings. The van der Waals surface area contributed by atoms with Crippen LogP contribution in [0.3, 0.4) is 0 Å². The summed E-state index contributed by atoms with van der Waals surface area (Å²) in [6, 6.07) is 0. The maximum absolute atomic E-state index is 5.72. The van der Waals surface area contributed by atoms with Gasteiger partial charge in [0, 0.05) is 6.42 Å². The van der Waals surface area contributed by atoms with E-state index in [1.54, 1.807) is 0 Å². The van der Waals surface area contributed by atoms with E-state index in [4.69, 9.17) is 11.6 Å². The molecule has 0 saturated heterocycles. The first-order chi connectivity index (χ1) is 6.72. The van der Waals surface area contributed by atoms with Crippen LogP contribution in [0, 0.1) is 0 Å². The van der Waals surface area contributed by atoms with E-state index in [2.05, 4.69) is 21.9 Å². The number of rotatable bonds is 2. The molecule has 0 saturated carbocycles. The number of hydrogen-bond acceptors (Lipinski definition) is 5. The minimum absolute atomic E-state index is 0.391. The topological polar surface area (TPSA) is 95.6 Å². The number of nitrogens with two attached hydrogens (primary N) is 2. The van der Waals surface area contributed by atoms with Gasteiger partial charge in [0.05, 0.1) is 0 Å². The van der Waals surface area contributed by atoms with E-state index in [1.165, 1.54) is 11.0 Å². The monoisotopic (exact) mass is 192 g/mol. The third-order valence-corrected chi connectivity index (χ3v) is 1.97. The van der Waals surface area contributed by atoms with Gasteiger partial charge in [-0.05, 0) is 6.42 Å². The zero-order valence-electron chi connectivity index (χ0n) is 7.94. The zero-order valence-corrected chi connectivity index (χ0v) is 7.94. The standard InChI is InChI=1S/C8H12N6/c1-2-3-5-12-7(9)6-8(13-5)14(10)4-11-6/h4H,2-3,10H2,1H3,(H2,9,12,13). The van der Waals surface area contributed by atoms with Gasteiger partial charge in [0.15, 0.2) is 17.0 Å². The molecular formula is C8H12N6. The van der Waals surface area contributed by atoms with Gasteiger partial charge in [0.1, 0.15) is 12.2 Å². The van der Waals surface area contributed by atoms with E-state index < -0.39 is 0 Å². The Balaban J connectivity index is 2.63. The third kappa shape index (κ3) is 1.24. The van der Waals surface area contributed by atoms with Crippen molar-refractivity contribution < 1.29 is 0 Å². The van der Waals surface area contributed by atoms with Crippen LogP contribution in [0.1, 0.15) is 19.2 Å². The molecule has 2 heterocycles. The molecule has 0 bridgehead atoms. The number of nitrogen functional groups attached to an aromatic ring is 2. The molecule has 2 aromatic heterocycles. The molecule has 0 unspecified atom stereocenters. The summed E-state index contributed by atoms with van der Waals surface area (Å²) in [5.74, 6) is 6.72. The molecule has 0 atom stereocenters. The van der Waals surface area contributed by atoms with Crippen LogP contribution in [0.4, 0.5) is 5.82 Å². The molecule has 0 aliphatic heterocycles. The molecule has 14 heavy (non-hydrogen) atoms. The molecule has 0 radical (unpaired) electrons. The van der Waals surface area contributed by atoms with Crippen molar-refractivity contribution in [1.82, 2.24) is 19.6 Å². The predicted octanol–water partition coefficient (Wildman–Crippen LogP) is 0.0748. The number of aromatic nitrogens is 4. The number of nitrogens with zero attached hydrogens (tertiary/aromatic N) is 4. The van der Waals surface area contributed by atoms with Gasteiger partial charge in [-0.1, -0.05) is 6.92 Å². The predicted molar refractivity (Wildman–Crippen MR) is 53.9 cm³/mol. The number of hydrogen-bond donors (Lipinski definition) is 2. The van der Waals surface area contributed by atoms with Gasteiger partial charge in [-0.15, -0.1) is 0 Å². The Bertz CT molecular complexity index is 460. The fraction of sp³-hybridized carbons (Fsp3) is 0.375. The smallest absolute Gasteiger partial charge is 0.184 e. The summed E-state index contributed by atoms with van der Waals surface area (Å²) >= 11 is 0. The summed E-state index contributed by atoms with van der Waals surface area (Å²) in [4.78, 5) is 12.4. The van der Waals surface area contributed by atoms with Crippen molar-refractivity contribution in [3.63, 3.8) is 0 Å². The Labute approximate surface area is 80.9 Å². The molecule has 6 nitrogen and oxygen atoms in total. The van der Waals surface area contributed by atoms with Crippen LogP contribution in [0.25, 0.3) is 11.2 Å². The quantitative estimate of drug-likeness (QED) is 0.656. The van der Waals surface area contributed by atoms with Gasteiger partial charge >= 0.3 is 0 Å². The largest absolute Gasteiger partial charge is 0.382 e. The highest BCUT2D eigenvalue weighted by molar-refractivity contribution is 5.81. The second-order valence-electron chi connectivity index (χ2n) is 3.10. The van der Waals surface area contributed by atoms with E-state index in [1.807, 2.05) is 0 Å². The lowest BCUT2D eigenvalue weighted by Gasteiger charge is -2.00. The van der Waals surface area contributed by atoms with Gasteiger partial charge in [-0.3, -0.25) is 0 Å². The molecule has 2 rings (SSSR count). The molecule has 0 aliphatic rings. The molecule has 0 spiro atoms. The fourth-order valence-electron chi connectivity index (χ4n) is 1.32. The van der Waals surface area contributed by atoms with Crippen molar-refractivity contribution in [2.75, 3.05) is 11.6 Å². The minimum atomic E-state index is 0.391. The van der Waals surface area contributed by atoms with Gasteiger partial charge < -0.3 is 11.6 Å². The Hall–Kier alpha value is -1.85. The molecule has 0 aromatic carbocycles. The van der Waals surface area contributed by atoms with Gasteiger partial charge in [-0.25, -0.2) is 19.6 Å². The lowest BCUT2D eigenvalue weighted by Crippen LogP contribution is -2.09. The lowest BCUT2D eigenvalue weighted by molar-refractivity contribution is 0.839. The van der Waals surface area contributed by atoms with Crippen LogP contribution in [0.2, 0.25) is 0 Å². The van der Waals surface area contributed by atoms with Crippen LogP contribution in [0.15, 0.2) is 6.33 Å². The molecule has 0 amide bonds. The van der Waals surface area contributed by atoms with E-state index >= 15 is 0 Å². The second-order valence-corrected chi connectivity index (χ2v) is 3.10. The van der Waals surface area contributed by atoms with Crippen LogP contribution in [-0.4, -0.2) is 19.6 Å². The summed E-state index contributed by atoms with van der Waals surface area (Å²) in [6.07, 6.45) is 3.25. The SMILES string of the molecule is CCCc1nc(N)c2ncn(N)c2n1. The maximum atomic E-state index is 5.72. The molecule has 6 heteroatoms. The highest BCUT2D eigenvalue weighted by Gasteiger charge is 2.08. The molecule has 4 N–H and O–H groups in total. The summed E-state index contributed by atoms with van der Waals surface area (Å²) in [7, 11) is 0. The normalized spacial score (nSPS) is 10.9. The summed E-state index contributed by atoms with van der Waals surface area (Å²) in [5.41, 5.74) is 6.86. The number of fused-ring (bicyclic) bond motifs is 1. The van der Waals surface area contributed by atoms with Gasteiger partial charge in [0.2, 0.25) is 0 Å². The lowest BCUT2D eigenvalue weighted by atomic mass is 10.3. The first-order valence-electron chi connectivity index (χ1n) is 4.47. The Morgan fingerprint density at radius 1 is 1.43 bits per heavy atom. The second kappa shape index (κ2) is 3.13. The van der Waals surface area contributed by atoms with Gasteiger partial charge in [0.25, 0.3) is 0 Å². The van der Waals surface area contributed by atoms with Crippen molar-refractivity contribution in [1.29, 1.82) is 0 Å². The number of aryl methyl sites for hydroxylation is 1. The zero-order chi connectivity index (χ0) is 10.1. The summed E-state index contributed by atoms with van der Waals surface area (Å²) in [6.45, 7) is 2.06. The van der Waals surface area contributed by atoms with Crippen molar-refractivity contribution in [3.8, 4) is 0 Å². The van der Waals surface area contributed by atoms with E-state index in [9.17, 15) is 0 Å². The number of imidazole rings is 1. The van der Waals surface area contributed by atoms with Crippen LogP contribution >= 0.6 is 0 Å². The van der Waals surface area contributed by atoms with E-state index in [-0.39, 0.29) is 0 Å². The van der Waals surface area contributed by atoms with Crippen molar-refractivity contribution >= 4 is 17.0 Å². The molecule has 74 valence electrons. The maximum Gasteiger partial charge on any atom is 0.184 e. The average Bonchev–Trinajstić information content (AvgIpc) is 2.49. The average molecular weight is 192 g/mol.